The van der Waals surface area contributed by atoms with Crippen LogP contribution in [0.1, 0.15) is 37.0 Å². The van der Waals surface area contributed by atoms with Crippen LogP contribution in [-0.2, 0) is 11.3 Å². The quantitative estimate of drug-likeness (QED) is 0.769. The van der Waals surface area contributed by atoms with Gasteiger partial charge in [0.2, 0.25) is 0 Å². The van der Waals surface area contributed by atoms with Crippen molar-refractivity contribution in [2.24, 2.45) is 11.1 Å². The summed E-state index contributed by atoms with van der Waals surface area (Å²) in [5.74, 6) is -0.405. The zero-order chi connectivity index (χ0) is 15.2. The summed E-state index contributed by atoms with van der Waals surface area (Å²) in [5, 5.41) is 0. The van der Waals surface area contributed by atoms with Crippen molar-refractivity contribution >= 4 is 5.97 Å². The fraction of sp³-hybridized carbons (Fsp3) is 0.600. The maximum absolute atomic E-state index is 11.5. The fourth-order valence-corrected chi connectivity index (χ4v) is 1.96. The van der Waals surface area contributed by atoms with Gasteiger partial charge in [0, 0.05) is 13.1 Å². The molecular weight excluding hydrogens is 254 g/mol. The van der Waals surface area contributed by atoms with Crippen LogP contribution >= 0.6 is 0 Å². The van der Waals surface area contributed by atoms with E-state index in [1.54, 1.807) is 6.07 Å². The first-order valence-electron chi connectivity index (χ1n) is 6.88. The van der Waals surface area contributed by atoms with Crippen molar-refractivity contribution in [3.05, 3.63) is 29.6 Å². The molecule has 5 nitrogen and oxygen atoms in total. The van der Waals surface area contributed by atoms with Crippen LogP contribution in [0.2, 0.25) is 0 Å². The van der Waals surface area contributed by atoms with Crippen LogP contribution in [0.3, 0.4) is 0 Å². The number of esters is 1. The molecule has 1 heterocycles. The molecule has 1 rings (SSSR count). The summed E-state index contributed by atoms with van der Waals surface area (Å²) >= 11 is 0. The molecule has 1 aromatic heterocycles. The molecule has 0 aliphatic carbocycles. The molecular formula is C15H25N3O2. The highest BCUT2D eigenvalue weighted by Gasteiger charge is 2.20. The van der Waals surface area contributed by atoms with E-state index in [-0.39, 0.29) is 5.41 Å². The minimum atomic E-state index is -0.405. The Hall–Kier alpha value is -1.46. The average Bonchev–Trinajstić information content (AvgIpc) is 2.45. The first-order chi connectivity index (χ1) is 9.41. The number of hydrogen-bond donors (Lipinski definition) is 1. The molecule has 112 valence electrons. The van der Waals surface area contributed by atoms with Crippen molar-refractivity contribution in [2.45, 2.75) is 27.3 Å². The summed E-state index contributed by atoms with van der Waals surface area (Å²) in [4.78, 5) is 18.1. The summed E-state index contributed by atoms with van der Waals surface area (Å²) in [6.45, 7) is 9.54. The van der Waals surface area contributed by atoms with Crippen molar-refractivity contribution in [3.63, 3.8) is 0 Å². The van der Waals surface area contributed by atoms with Crippen molar-refractivity contribution in [2.75, 3.05) is 26.7 Å². The van der Waals surface area contributed by atoms with E-state index < -0.39 is 5.97 Å². The Morgan fingerprint density at radius 2 is 2.15 bits per heavy atom. The van der Waals surface area contributed by atoms with Crippen LogP contribution in [0, 0.1) is 5.41 Å². The molecule has 0 bridgehead atoms. The minimum Gasteiger partial charge on any atom is -0.464 e. The number of nitrogens with zero attached hydrogens (tertiary/aromatic N) is 2. The maximum Gasteiger partial charge on any atom is 0.356 e. The third kappa shape index (κ3) is 4.90. The monoisotopic (exact) mass is 279 g/mol. The Bertz CT molecular complexity index is 446. The first-order valence-corrected chi connectivity index (χ1v) is 6.88. The van der Waals surface area contributed by atoms with Crippen molar-refractivity contribution in [1.82, 2.24) is 9.88 Å². The molecule has 0 unspecified atom stereocenters. The first kappa shape index (κ1) is 16.6. The topological polar surface area (TPSA) is 68.5 Å². The van der Waals surface area contributed by atoms with Gasteiger partial charge in [-0.05, 0) is 30.6 Å². The van der Waals surface area contributed by atoms with E-state index >= 15 is 0 Å². The molecule has 0 spiro atoms. The fourth-order valence-electron chi connectivity index (χ4n) is 1.96. The van der Waals surface area contributed by atoms with Crippen LogP contribution in [0.5, 0.6) is 0 Å². The van der Waals surface area contributed by atoms with E-state index in [0.717, 1.165) is 18.8 Å². The largest absolute Gasteiger partial charge is 0.464 e. The highest BCUT2D eigenvalue weighted by molar-refractivity contribution is 5.87. The lowest BCUT2D eigenvalue weighted by Crippen LogP contribution is -2.38. The van der Waals surface area contributed by atoms with Gasteiger partial charge in [-0.3, -0.25) is 4.90 Å². The van der Waals surface area contributed by atoms with E-state index in [1.165, 1.54) is 7.11 Å². The Kier molecular flexibility index (Phi) is 6.10. The number of rotatable bonds is 7. The van der Waals surface area contributed by atoms with E-state index in [0.29, 0.717) is 18.8 Å². The molecule has 0 saturated heterocycles. The van der Waals surface area contributed by atoms with E-state index in [1.807, 2.05) is 12.1 Å². The van der Waals surface area contributed by atoms with Gasteiger partial charge in [0.15, 0.2) is 0 Å². The lowest BCUT2D eigenvalue weighted by Gasteiger charge is -2.30. The number of pyridine rings is 1. The number of carbonyl (C=O) groups is 1. The maximum atomic E-state index is 11.5. The predicted octanol–water partition coefficient (Wildman–Crippen LogP) is 1.68. The smallest absolute Gasteiger partial charge is 0.356 e. The molecule has 0 fully saturated rings. The van der Waals surface area contributed by atoms with Gasteiger partial charge in [-0.25, -0.2) is 9.78 Å². The van der Waals surface area contributed by atoms with Gasteiger partial charge in [0.05, 0.1) is 12.8 Å². The van der Waals surface area contributed by atoms with E-state index in [2.05, 4.69) is 35.4 Å². The summed E-state index contributed by atoms with van der Waals surface area (Å²) in [6, 6.07) is 5.41. The predicted molar refractivity (Wildman–Crippen MR) is 79.4 cm³/mol. The molecule has 0 aromatic carbocycles. The van der Waals surface area contributed by atoms with Gasteiger partial charge in [0.25, 0.3) is 0 Å². The second-order valence-corrected chi connectivity index (χ2v) is 5.68. The van der Waals surface area contributed by atoms with Crippen LogP contribution in [0.4, 0.5) is 0 Å². The zero-order valence-corrected chi connectivity index (χ0v) is 12.8. The number of ether oxygens (including phenoxy) is 1. The van der Waals surface area contributed by atoms with Gasteiger partial charge < -0.3 is 10.5 Å². The minimum absolute atomic E-state index is 0.0654. The second-order valence-electron chi connectivity index (χ2n) is 5.68. The molecule has 0 aliphatic heterocycles. The Labute approximate surface area is 121 Å². The molecule has 0 aliphatic rings. The molecule has 5 heteroatoms. The number of hydrogen-bond acceptors (Lipinski definition) is 5. The molecule has 0 amide bonds. The standard InChI is InChI=1S/C15H25N3O2/c1-5-18(11-15(2,3)10-16)9-12-7-6-8-13(17-12)14(19)20-4/h6-8H,5,9-11,16H2,1-4H3. The SMILES string of the molecule is CCN(Cc1cccc(C(=O)OC)n1)CC(C)(C)CN. The third-order valence-electron chi connectivity index (χ3n) is 3.24. The summed E-state index contributed by atoms with van der Waals surface area (Å²) in [5.41, 5.74) is 7.06. The number of methoxy groups -OCH3 is 1. The van der Waals surface area contributed by atoms with Crippen LogP contribution in [0.25, 0.3) is 0 Å². The Balaban J connectivity index is 2.77. The summed E-state index contributed by atoms with van der Waals surface area (Å²) in [7, 11) is 1.36. The second kappa shape index (κ2) is 7.36. The Morgan fingerprint density at radius 3 is 2.70 bits per heavy atom. The van der Waals surface area contributed by atoms with Gasteiger partial charge in [-0.2, -0.15) is 0 Å². The van der Waals surface area contributed by atoms with Crippen LogP contribution in [-0.4, -0.2) is 42.6 Å². The van der Waals surface area contributed by atoms with E-state index in [4.69, 9.17) is 5.73 Å². The molecule has 1 aromatic rings. The number of aromatic nitrogens is 1. The molecule has 0 radical (unpaired) electrons. The molecule has 2 N–H and O–H groups in total. The van der Waals surface area contributed by atoms with E-state index in [9.17, 15) is 4.79 Å². The molecule has 0 atom stereocenters. The van der Waals surface area contributed by atoms with Gasteiger partial charge in [-0.1, -0.05) is 26.8 Å². The molecule has 20 heavy (non-hydrogen) atoms. The highest BCUT2D eigenvalue weighted by atomic mass is 16.5. The number of carbonyl (C=O) groups excluding carboxylic acids is 1. The number of nitrogens with two attached hydrogens (primary N) is 1. The van der Waals surface area contributed by atoms with Crippen LogP contribution in [0.15, 0.2) is 18.2 Å². The van der Waals surface area contributed by atoms with Gasteiger partial charge in [-0.15, -0.1) is 0 Å². The van der Waals surface area contributed by atoms with Crippen molar-refractivity contribution in [1.29, 1.82) is 0 Å². The van der Waals surface area contributed by atoms with Crippen molar-refractivity contribution < 1.29 is 9.53 Å². The third-order valence-corrected chi connectivity index (χ3v) is 3.24. The Morgan fingerprint density at radius 1 is 1.45 bits per heavy atom. The normalized spacial score (nSPS) is 11.7. The summed E-state index contributed by atoms with van der Waals surface area (Å²) in [6.07, 6.45) is 0. The lowest BCUT2D eigenvalue weighted by molar-refractivity contribution is 0.0593. The molecule has 0 saturated carbocycles. The van der Waals surface area contributed by atoms with Gasteiger partial charge in [0.1, 0.15) is 5.69 Å². The average molecular weight is 279 g/mol. The van der Waals surface area contributed by atoms with Crippen LogP contribution < -0.4 is 5.73 Å². The van der Waals surface area contributed by atoms with Crippen molar-refractivity contribution in [3.8, 4) is 0 Å². The summed E-state index contributed by atoms with van der Waals surface area (Å²) < 4.78 is 4.69. The highest BCUT2D eigenvalue weighted by Crippen LogP contribution is 2.16. The zero-order valence-electron chi connectivity index (χ0n) is 12.8. The van der Waals surface area contributed by atoms with Gasteiger partial charge >= 0.3 is 5.97 Å². The lowest BCUT2D eigenvalue weighted by atomic mass is 9.93.